The first-order valence-corrected chi connectivity index (χ1v) is 6.49. The molecule has 1 fully saturated rings. The minimum Gasteiger partial charge on any atom is -0.387 e. The molecular weight excluding hydrogens is 242 g/mol. The van der Waals surface area contributed by atoms with Crippen molar-refractivity contribution in [3.63, 3.8) is 0 Å². The third kappa shape index (κ3) is 2.12. The number of nitrogens with zero attached hydrogens (tertiary/aromatic N) is 1. The number of nitrogens with one attached hydrogen (secondary N) is 1. The van der Waals surface area contributed by atoms with Crippen molar-refractivity contribution in [2.75, 3.05) is 0 Å². The zero-order valence-electron chi connectivity index (χ0n) is 10.5. The minimum atomic E-state index is -0.364. The Morgan fingerprint density at radius 1 is 1.16 bits per heavy atom. The van der Waals surface area contributed by atoms with Crippen molar-refractivity contribution < 1.29 is 9.59 Å². The normalized spacial score (nSPS) is 19.7. The van der Waals surface area contributed by atoms with E-state index in [2.05, 4.69) is 10.3 Å². The van der Waals surface area contributed by atoms with Crippen LogP contribution in [0.1, 0.15) is 46.4 Å². The molecule has 5 heteroatoms. The molecule has 19 heavy (non-hydrogen) atoms. The van der Waals surface area contributed by atoms with Gasteiger partial charge in [-0.05, 0) is 31.0 Å². The number of fused-ring (bicyclic) bond motifs is 1. The van der Waals surface area contributed by atoms with Gasteiger partial charge in [-0.15, -0.1) is 0 Å². The number of amides is 2. The van der Waals surface area contributed by atoms with Crippen LogP contribution in [0.4, 0.5) is 5.69 Å². The summed E-state index contributed by atoms with van der Waals surface area (Å²) in [6, 6.07) is 4.96. The van der Waals surface area contributed by atoms with Crippen LogP contribution in [0.2, 0.25) is 0 Å². The number of amidine groups is 1. The van der Waals surface area contributed by atoms with Crippen molar-refractivity contribution in [2.45, 2.75) is 25.7 Å². The fourth-order valence-corrected chi connectivity index (χ4v) is 2.69. The van der Waals surface area contributed by atoms with Gasteiger partial charge in [-0.1, -0.05) is 12.8 Å². The van der Waals surface area contributed by atoms with Crippen molar-refractivity contribution in [2.24, 2.45) is 16.6 Å². The molecule has 1 aromatic carbocycles. The third-order valence-electron chi connectivity index (χ3n) is 3.75. The summed E-state index contributed by atoms with van der Waals surface area (Å²) < 4.78 is 0. The molecule has 1 saturated carbocycles. The van der Waals surface area contributed by atoms with Crippen LogP contribution in [-0.4, -0.2) is 17.6 Å². The number of hydrogen-bond donors (Lipinski definition) is 2. The van der Waals surface area contributed by atoms with Crippen LogP contribution in [0, 0.1) is 5.92 Å². The maximum absolute atomic E-state index is 11.6. The number of aliphatic imine (C=N–C) groups is 1. The Hall–Kier alpha value is -2.17. The zero-order chi connectivity index (χ0) is 13.4. The topological polar surface area (TPSA) is 84.5 Å². The van der Waals surface area contributed by atoms with Gasteiger partial charge in [0.25, 0.3) is 11.8 Å². The summed E-state index contributed by atoms with van der Waals surface area (Å²) >= 11 is 0. The zero-order valence-corrected chi connectivity index (χ0v) is 10.5. The molecule has 0 radical (unpaired) electrons. The first kappa shape index (κ1) is 11.9. The number of carbonyl (C=O) groups excluding carboxylic acids is 2. The van der Waals surface area contributed by atoms with Gasteiger partial charge in [0.15, 0.2) is 0 Å². The van der Waals surface area contributed by atoms with E-state index < -0.39 is 0 Å². The summed E-state index contributed by atoms with van der Waals surface area (Å²) in [5.74, 6) is 0.265. The maximum atomic E-state index is 11.6. The summed E-state index contributed by atoms with van der Waals surface area (Å²) in [5.41, 5.74) is 7.42. The van der Waals surface area contributed by atoms with Gasteiger partial charge >= 0.3 is 0 Å². The second kappa shape index (κ2) is 4.50. The van der Waals surface area contributed by atoms with Gasteiger partial charge in [-0.25, -0.2) is 4.99 Å². The van der Waals surface area contributed by atoms with E-state index in [1.165, 1.54) is 12.8 Å². The van der Waals surface area contributed by atoms with Crippen molar-refractivity contribution in [1.29, 1.82) is 0 Å². The molecule has 3 N–H and O–H groups in total. The van der Waals surface area contributed by atoms with Crippen molar-refractivity contribution in [1.82, 2.24) is 5.32 Å². The Balaban J connectivity index is 1.90. The van der Waals surface area contributed by atoms with Crippen LogP contribution in [0.3, 0.4) is 0 Å². The first-order chi connectivity index (χ1) is 9.15. The van der Waals surface area contributed by atoms with Gasteiger partial charge < -0.3 is 5.73 Å². The highest BCUT2D eigenvalue weighted by Crippen LogP contribution is 2.27. The molecule has 0 bridgehead atoms. The van der Waals surface area contributed by atoms with Crippen molar-refractivity contribution in [3.8, 4) is 0 Å². The van der Waals surface area contributed by atoms with E-state index in [0.717, 1.165) is 12.8 Å². The summed E-state index contributed by atoms with van der Waals surface area (Å²) in [6.45, 7) is 0. The summed E-state index contributed by atoms with van der Waals surface area (Å²) in [5, 5.41) is 2.26. The summed E-state index contributed by atoms with van der Waals surface area (Å²) in [4.78, 5) is 27.4. The molecule has 1 heterocycles. The van der Waals surface area contributed by atoms with Gasteiger partial charge in [-0.3, -0.25) is 14.9 Å². The van der Waals surface area contributed by atoms with Gasteiger partial charge in [0.1, 0.15) is 5.84 Å². The minimum absolute atomic E-state index is 0.348. The molecule has 0 aromatic heterocycles. The van der Waals surface area contributed by atoms with E-state index >= 15 is 0 Å². The second-order valence-electron chi connectivity index (χ2n) is 5.03. The molecule has 0 unspecified atom stereocenters. The fourth-order valence-electron chi connectivity index (χ4n) is 2.69. The van der Waals surface area contributed by atoms with Crippen LogP contribution in [0.5, 0.6) is 0 Å². The van der Waals surface area contributed by atoms with Crippen LogP contribution in [-0.2, 0) is 0 Å². The molecule has 2 aliphatic rings. The van der Waals surface area contributed by atoms with E-state index in [0.29, 0.717) is 28.6 Å². The number of rotatable bonds is 2. The molecule has 5 nitrogen and oxygen atoms in total. The predicted octanol–water partition coefficient (Wildman–Crippen LogP) is 1.75. The molecule has 98 valence electrons. The molecule has 0 saturated heterocycles. The van der Waals surface area contributed by atoms with E-state index in [-0.39, 0.29) is 11.8 Å². The summed E-state index contributed by atoms with van der Waals surface area (Å²) in [7, 11) is 0. The molecule has 2 amide bonds. The number of benzene rings is 1. The largest absolute Gasteiger partial charge is 0.387 e. The van der Waals surface area contributed by atoms with E-state index in [4.69, 9.17) is 5.73 Å². The van der Waals surface area contributed by atoms with Crippen LogP contribution in [0.15, 0.2) is 23.2 Å². The maximum Gasteiger partial charge on any atom is 0.259 e. The molecule has 3 rings (SSSR count). The SMILES string of the molecule is NC(=Nc1ccc2c(c1)C(=O)NC2=O)C1CCCC1. The van der Waals surface area contributed by atoms with Crippen molar-refractivity contribution in [3.05, 3.63) is 29.3 Å². The Bertz CT molecular complexity index is 586. The Kier molecular flexibility index (Phi) is 2.81. The number of carbonyl (C=O) groups is 2. The standard InChI is InChI=1S/C14H15N3O2/c15-12(8-3-1-2-4-8)16-9-5-6-10-11(7-9)14(19)17-13(10)18/h5-8H,1-4H2,(H2,15,16)(H,17,18,19). The predicted molar refractivity (Wildman–Crippen MR) is 71.5 cm³/mol. The molecule has 0 atom stereocenters. The highest BCUT2D eigenvalue weighted by molar-refractivity contribution is 6.21. The average molecular weight is 257 g/mol. The Morgan fingerprint density at radius 2 is 1.84 bits per heavy atom. The number of nitrogens with two attached hydrogens (primary N) is 1. The highest BCUT2D eigenvalue weighted by Gasteiger charge is 2.26. The Labute approximate surface area is 110 Å². The lowest BCUT2D eigenvalue weighted by atomic mass is 10.1. The van der Waals surface area contributed by atoms with Crippen LogP contribution >= 0.6 is 0 Å². The first-order valence-electron chi connectivity index (χ1n) is 6.49. The third-order valence-corrected chi connectivity index (χ3v) is 3.75. The monoisotopic (exact) mass is 257 g/mol. The molecular formula is C14H15N3O2. The van der Waals surface area contributed by atoms with Crippen molar-refractivity contribution >= 4 is 23.3 Å². The molecule has 1 aliphatic heterocycles. The Morgan fingerprint density at radius 3 is 2.58 bits per heavy atom. The van der Waals surface area contributed by atoms with Gasteiger partial charge in [-0.2, -0.15) is 0 Å². The van der Waals surface area contributed by atoms with E-state index in [1.54, 1.807) is 18.2 Å². The van der Waals surface area contributed by atoms with Gasteiger partial charge in [0.05, 0.1) is 16.8 Å². The second-order valence-corrected chi connectivity index (χ2v) is 5.03. The van der Waals surface area contributed by atoms with E-state index in [1.807, 2.05) is 0 Å². The summed E-state index contributed by atoms with van der Waals surface area (Å²) in [6.07, 6.45) is 4.56. The quantitative estimate of drug-likeness (QED) is 0.481. The van der Waals surface area contributed by atoms with E-state index in [9.17, 15) is 9.59 Å². The number of hydrogen-bond acceptors (Lipinski definition) is 3. The average Bonchev–Trinajstić information content (AvgIpc) is 2.99. The fraction of sp³-hybridized carbons (Fsp3) is 0.357. The van der Waals surface area contributed by atoms with Gasteiger partial charge in [0, 0.05) is 5.92 Å². The lowest BCUT2D eigenvalue weighted by Crippen LogP contribution is -2.20. The lowest BCUT2D eigenvalue weighted by Gasteiger charge is -2.08. The van der Waals surface area contributed by atoms with Crippen LogP contribution in [0.25, 0.3) is 0 Å². The van der Waals surface area contributed by atoms with Gasteiger partial charge in [0.2, 0.25) is 0 Å². The highest BCUT2D eigenvalue weighted by atomic mass is 16.2. The lowest BCUT2D eigenvalue weighted by molar-refractivity contribution is 0.0879. The smallest absolute Gasteiger partial charge is 0.259 e. The molecule has 1 aliphatic carbocycles. The van der Waals surface area contributed by atoms with Crippen LogP contribution < -0.4 is 11.1 Å². The molecule has 1 aromatic rings. The molecule has 0 spiro atoms. The number of imide groups is 1.